The molecule has 1 aromatic rings. The largest absolute Gasteiger partial charge is 0.490 e. The average molecular weight is 313 g/mol. The number of hydrogen-bond donors (Lipinski definition) is 0. The van der Waals surface area contributed by atoms with E-state index < -0.39 is 11.7 Å². The van der Waals surface area contributed by atoms with Crippen molar-refractivity contribution in [1.82, 2.24) is 4.90 Å². The molecular formula is C16H18F3NO2. The topological polar surface area (TPSA) is 29.5 Å². The molecular weight excluding hydrogens is 295 g/mol. The summed E-state index contributed by atoms with van der Waals surface area (Å²) >= 11 is 0. The third-order valence-corrected chi connectivity index (χ3v) is 4.70. The first-order valence-electron chi connectivity index (χ1n) is 7.35. The van der Waals surface area contributed by atoms with Gasteiger partial charge >= 0.3 is 6.18 Å². The van der Waals surface area contributed by atoms with Gasteiger partial charge in [-0.25, -0.2) is 0 Å². The van der Waals surface area contributed by atoms with E-state index in [-0.39, 0.29) is 22.8 Å². The normalized spacial score (nSPS) is 23.5. The minimum atomic E-state index is -4.36. The van der Waals surface area contributed by atoms with Crippen LogP contribution < -0.4 is 4.74 Å². The molecule has 1 atom stereocenters. The highest BCUT2D eigenvalue weighted by Crippen LogP contribution is 2.46. The lowest BCUT2D eigenvalue weighted by atomic mass is 9.78. The van der Waals surface area contributed by atoms with E-state index in [1.54, 1.807) is 11.0 Å². The average Bonchev–Trinajstić information content (AvgIpc) is 2.82. The quantitative estimate of drug-likeness (QED) is 0.801. The standard InChI is InChI=1S/C16H18F3NO2/c1-11-2-3-12(6-14(11)16(17,18)19)22-13-4-5-15(7-13)8-20(9-15)10-21/h2-3,6,10,13H,4-5,7-9H2,1H3. The zero-order valence-electron chi connectivity index (χ0n) is 12.3. The van der Waals surface area contributed by atoms with Gasteiger partial charge in [-0.2, -0.15) is 13.2 Å². The lowest BCUT2D eigenvalue weighted by Gasteiger charge is -2.46. The van der Waals surface area contributed by atoms with Crippen molar-refractivity contribution in [2.45, 2.75) is 38.5 Å². The molecule has 1 heterocycles. The van der Waals surface area contributed by atoms with E-state index in [9.17, 15) is 18.0 Å². The molecule has 1 aliphatic heterocycles. The summed E-state index contributed by atoms with van der Waals surface area (Å²) < 4.78 is 44.5. The van der Waals surface area contributed by atoms with Gasteiger partial charge in [-0.05, 0) is 43.9 Å². The second-order valence-electron chi connectivity index (χ2n) is 6.47. The van der Waals surface area contributed by atoms with Gasteiger partial charge in [0.2, 0.25) is 6.41 Å². The van der Waals surface area contributed by atoms with Gasteiger partial charge < -0.3 is 9.64 Å². The molecule has 0 bridgehead atoms. The van der Waals surface area contributed by atoms with Crippen molar-refractivity contribution in [1.29, 1.82) is 0 Å². The van der Waals surface area contributed by atoms with Crippen molar-refractivity contribution < 1.29 is 22.7 Å². The van der Waals surface area contributed by atoms with E-state index in [1.165, 1.54) is 13.0 Å². The number of hydrogen-bond acceptors (Lipinski definition) is 2. The number of carbonyl (C=O) groups excluding carboxylic acids is 1. The number of ether oxygens (including phenoxy) is 1. The molecule has 120 valence electrons. The first-order valence-corrected chi connectivity index (χ1v) is 7.35. The molecule has 3 nitrogen and oxygen atoms in total. The summed E-state index contributed by atoms with van der Waals surface area (Å²) in [5, 5.41) is 0. The Morgan fingerprint density at radius 2 is 2.09 bits per heavy atom. The van der Waals surface area contributed by atoms with Crippen LogP contribution in [0.15, 0.2) is 18.2 Å². The van der Waals surface area contributed by atoms with Crippen LogP contribution in [0.4, 0.5) is 13.2 Å². The van der Waals surface area contributed by atoms with Crippen molar-refractivity contribution in [2.75, 3.05) is 13.1 Å². The molecule has 1 amide bonds. The van der Waals surface area contributed by atoms with Gasteiger partial charge in [0, 0.05) is 18.5 Å². The summed E-state index contributed by atoms with van der Waals surface area (Å²) in [5.41, 5.74) is -0.333. The maximum Gasteiger partial charge on any atom is 0.416 e. The Morgan fingerprint density at radius 3 is 2.73 bits per heavy atom. The maximum absolute atomic E-state index is 12.9. The van der Waals surface area contributed by atoms with E-state index in [4.69, 9.17) is 4.74 Å². The number of carbonyl (C=O) groups is 1. The number of benzene rings is 1. The van der Waals surface area contributed by atoms with E-state index >= 15 is 0 Å². The van der Waals surface area contributed by atoms with Gasteiger partial charge in [0.15, 0.2) is 0 Å². The lowest BCUT2D eigenvalue weighted by molar-refractivity contribution is -0.138. The van der Waals surface area contributed by atoms with Gasteiger partial charge in [-0.1, -0.05) is 6.07 Å². The van der Waals surface area contributed by atoms with Crippen LogP contribution in [0, 0.1) is 12.3 Å². The summed E-state index contributed by atoms with van der Waals surface area (Å²) in [7, 11) is 0. The molecule has 1 saturated carbocycles. The summed E-state index contributed by atoms with van der Waals surface area (Å²) in [5.74, 6) is 0.270. The van der Waals surface area contributed by atoms with Crippen molar-refractivity contribution in [3.05, 3.63) is 29.3 Å². The van der Waals surface area contributed by atoms with Crippen LogP contribution in [0.1, 0.15) is 30.4 Å². The van der Waals surface area contributed by atoms with Crippen LogP contribution in [0.25, 0.3) is 0 Å². The number of rotatable bonds is 3. The maximum atomic E-state index is 12.9. The van der Waals surface area contributed by atoms with Gasteiger partial charge in [-0.3, -0.25) is 4.79 Å². The molecule has 1 spiro atoms. The minimum absolute atomic E-state index is 0.0717. The summed E-state index contributed by atoms with van der Waals surface area (Å²) in [4.78, 5) is 12.4. The van der Waals surface area contributed by atoms with Crippen LogP contribution in [0.2, 0.25) is 0 Å². The smallest absolute Gasteiger partial charge is 0.416 e. The first kappa shape index (κ1) is 15.2. The number of likely N-dealkylation sites (tertiary alicyclic amines) is 1. The molecule has 3 rings (SSSR count). The molecule has 2 fully saturated rings. The highest BCUT2D eigenvalue weighted by Gasteiger charge is 2.48. The Hall–Kier alpha value is -1.72. The number of alkyl halides is 3. The van der Waals surface area contributed by atoms with E-state index in [1.807, 2.05) is 0 Å². The summed E-state index contributed by atoms with van der Waals surface area (Å²) in [6.45, 7) is 2.91. The predicted molar refractivity (Wildman–Crippen MR) is 74.5 cm³/mol. The molecule has 0 N–H and O–H groups in total. The highest BCUT2D eigenvalue weighted by molar-refractivity contribution is 5.49. The van der Waals surface area contributed by atoms with E-state index in [0.717, 1.165) is 44.8 Å². The second-order valence-corrected chi connectivity index (χ2v) is 6.47. The molecule has 0 radical (unpaired) electrons. The van der Waals surface area contributed by atoms with Gasteiger partial charge in [-0.15, -0.1) is 0 Å². The minimum Gasteiger partial charge on any atom is -0.490 e. The highest BCUT2D eigenvalue weighted by atomic mass is 19.4. The summed E-state index contributed by atoms with van der Waals surface area (Å²) in [6, 6.07) is 4.12. The number of aryl methyl sites for hydroxylation is 1. The van der Waals surface area contributed by atoms with Crippen LogP contribution in [0.3, 0.4) is 0 Å². The molecule has 0 aromatic heterocycles. The fourth-order valence-electron chi connectivity index (χ4n) is 3.60. The first-order chi connectivity index (χ1) is 10.3. The molecule has 6 heteroatoms. The second kappa shape index (κ2) is 5.18. The van der Waals surface area contributed by atoms with Crippen molar-refractivity contribution in [3.8, 4) is 5.75 Å². The number of amides is 1. The Morgan fingerprint density at radius 1 is 1.36 bits per heavy atom. The summed E-state index contributed by atoms with van der Waals surface area (Å²) in [6.07, 6.45) is -1.01. The number of nitrogens with zero attached hydrogens (tertiary/aromatic N) is 1. The fourth-order valence-corrected chi connectivity index (χ4v) is 3.60. The molecule has 1 saturated heterocycles. The SMILES string of the molecule is Cc1ccc(OC2CCC3(C2)CN(C=O)C3)cc1C(F)(F)F. The molecule has 22 heavy (non-hydrogen) atoms. The van der Waals surface area contributed by atoms with Gasteiger partial charge in [0.25, 0.3) is 0 Å². The predicted octanol–water partition coefficient (Wildman–Crippen LogP) is 3.40. The number of halogens is 3. The van der Waals surface area contributed by atoms with Crippen molar-refractivity contribution in [3.63, 3.8) is 0 Å². The van der Waals surface area contributed by atoms with Crippen LogP contribution in [-0.2, 0) is 11.0 Å². The van der Waals surface area contributed by atoms with Crippen LogP contribution in [-0.4, -0.2) is 30.5 Å². The molecule has 1 unspecified atom stereocenters. The Labute approximate surface area is 127 Å². The van der Waals surface area contributed by atoms with Gasteiger partial charge in [0.05, 0.1) is 11.7 Å². The molecule has 1 aromatic carbocycles. The third-order valence-electron chi connectivity index (χ3n) is 4.70. The molecule has 2 aliphatic rings. The van der Waals surface area contributed by atoms with Crippen LogP contribution >= 0.6 is 0 Å². The lowest BCUT2D eigenvalue weighted by Crippen LogP contribution is -2.54. The Balaban J connectivity index is 1.66. The van der Waals surface area contributed by atoms with E-state index in [2.05, 4.69) is 0 Å². The Kier molecular flexibility index (Phi) is 3.57. The monoisotopic (exact) mass is 313 g/mol. The Bertz CT molecular complexity index is 579. The van der Waals surface area contributed by atoms with Crippen molar-refractivity contribution >= 4 is 6.41 Å². The van der Waals surface area contributed by atoms with Gasteiger partial charge in [0.1, 0.15) is 5.75 Å². The fraction of sp³-hybridized carbons (Fsp3) is 0.562. The third kappa shape index (κ3) is 2.78. The van der Waals surface area contributed by atoms with E-state index in [0.29, 0.717) is 0 Å². The zero-order valence-corrected chi connectivity index (χ0v) is 12.3. The zero-order chi connectivity index (χ0) is 16.0. The van der Waals surface area contributed by atoms with Crippen LogP contribution in [0.5, 0.6) is 5.75 Å². The van der Waals surface area contributed by atoms with Crippen molar-refractivity contribution in [2.24, 2.45) is 5.41 Å². The molecule has 1 aliphatic carbocycles.